The van der Waals surface area contributed by atoms with Crippen LogP contribution in [0.5, 0.6) is 0 Å². The number of carbonyl (C=O) groups excluding carboxylic acids is 1. The predicted octanol–water partition coefficient (Wildman–Crippen LogP) is 1.86. The number of ether oxygens (including phenoxy) is 1. The largest absolute Gasteiger partial charge is 0.466 e. The van der Waals surface area contributed by atoms with Crippen molar-refractivity contribution >= 4 is 5.97 Å². The molecule has 0 unspecified atom stereocenters. The van der Waals surface area contributed by atoms with Gasteiger partial charge in [-0.2, -0.15) is 0 Å². The fourth-order valence-corrected chi connectivity index (χ4v) is 2.42. The van der Waals surface area contributed by atoms with E-state index in [-0.39, 0.29) is 5.97 Å². The molecule has 1 aliphatic carbocycles. The van der Waals surface area contributed by atoms with Crippen molar-refractivity contribution in [1.29, 1.82) is 0 Å². The molecule has 1 aromatic carbocycles. The zero-order chi connectivity index (χ0) is 12.3. The van der Waals surface area contributed by atoms with Crippen LogP contribution >= 0.6 is 0 Å². The lowest BCUT2D eigenvalue weighted by Crippen LogP contribution is -2.30. The van der Waals surface area contributed by atoms with Gasteiger partial charge in [0.25, 0.3) is 0 Å². The second-order valence-electron chi connectivity index (χ2n) is 4.65. The fraction of sp³-hybridized carbons (Fsp3) is 0.500. The highest BCUT2D eigenvalue weighted by molar-refractivity contribution is 5.69. The average molecular weight is 234 g/mol. The van der Waals surface area contributed by atoms with E-state index in [1.54, 1.807) is 6.92 Å². The van der Waals surface area contributed by atoms with E-state index in [9.17, 15) is 9.90 Å². The molecule has 0 spiro atoms. The Morgan fingerprint density at radius 2 is 1.94 bits per heavy atom. The zero-order valence-electron chi connectivity index (χ0n) is 10.1. The van der Waals surface area contributed by atoms with Gasteiger partial charge in [0, 0.05) is 19.3 Å². The van der Waals surface area contributed by atoms with E-state index in [2.05, 4.69) is 0 Å². The third kappa shape index (κ3) is 2.86. The van der Waals surface area contributed by atoms with Crippen molar-refractivity contribution in [3.05, 3.63) is 35.4 Å². The molecule has 92 valence electrons. The molecule has 0 aliphatic heterocycles. The summed E-state index contributed by atoms with van der Waals surface area (Å²) in [7, 11) is 0. The van der Waals surface area contributed by atoms with E-state index in [0.29, 0.717) is 32.3 Å². The smallest absolute Gasteiger partial charge is 0.305 e. The van der Waals surface area contributed by atoms with Gasteiger partial charge in [0.2, 0.25) is 0 Å². The quantitative estimate of drug-likeness (QED) is 0.809. The van der Waals surface area contributed by atoms with Crippen LogP contribution in [0.4, 0.5) is 0 Å². The van der Waals surface area contributed by atoms with E-state index in [1.807, 2.05) is 24.3 Å². The number of rotatable bonds is 4. The van der Waals surface area contributed by atoms with Gasteiger partial charge in [0.1, 0.15) is 0 Å². The number of esters is 1. The highest BCUT2D eigenvalue weighted by Gasteiger charge is 2.35. The van der Waals surface area contributed by atoms with Crippen molar-refractivity contribution < 1.29 is 14.6 Å². The molecule has 1 N–H and O–H groups in total. The minimum Gasteiger partial charge on any atom is -0.466 e. The van der Waals surface area contributed by atoms with Gasteiger partial charge in [0.15, 0.2) is 0 Å². The summed E-state index contributed by atoms with van der Waals surface area (Å²) < 4.78 is 4.87. The first kappa shape index (κ1) is 12.1. The van der Waals surface area contributed by atoms with E-state index in [4.69, 9.17) is 4.74 Å². The van der Waals surface area contributed by atoms with Crippen LogP contribution in [0.3, 0.4) is 0 Å². The Balaban J connectivity index is 1.93. The standard InChI is InChI=1S/C14H18O3/c1-2-17-13(15)7-8-14(16)9-11-5-3-4-6-12(11)10-14/h3-6,16H,2,7-10H2,1H3. The van der Waals surface area contributed by atoms with Crippen molar-refractivity contribution in [2.75, 3.05) is 6.61 Å². The summed E-state index contributed by atoms with van der Waals surface area (Å²) in [4.78, 5) is 11.3. The molecule has 0 heterocycles. The highest BCUT2D eigenvalue weighted by atomic mass is 16.5. The normalized spacial score (nSPS) is 16.6. The van der Waals surface area contributed by atoms with Crippen LogP contribution in [0, 0.1) is 0 Å². The molecule has 0 amide bonds. The number of fused-ring (bicyclic) bond motifs is 1. The molecule has 0 atom stereocenters. The summed E-state index contributed by atoms with van der Waals surface area (Å²) >= 11 is 0. The minimum absolute atomic E-state index is 0.225. The summed E-state index contributed by atoms with van der Waals surface area (Å²) in [5, 5.41) is 10.4. The number of hydrogen-bond acceptors (Lipinski definition) is 3. The molecule has 0 saturated heterocycles. The molecule has 1 aliphatic rings. The molecule has 3 heteroatoms. The Kier molecular flexibility index (Phi) is 3.48. The molecular formula is C14H18O3. The van der Waals surface area contributed by atoms with E-state index in [1.165, 1.54) is 11.1 Å². The van der Waals surface area contributed by atoms with Crippen molar-refractivity contribution in [3.8, 4) is 0 Å². The van der Waals surface area contributed by atoms with Crippen molar-refractivity contribution in [1.82, 2.24) is 0 Å². The van der Waals surface area contributed by atoms with Gasteiger partial charge < -0.3 is 9.84 Å². The van der Waals surface area contributed by atoms with Gasteiger partial charge in [-0.3, -0.25) is 4.79 Å². The Morgan fingerprint density at radius 3 is 2.47 bits per heavy atom. The number of hydrogen-bond donors (Lipinski definition) is 1. The Morgan fingerprint density at radius 1 is 1.35 bits per heavy atom. The lowest BCUT2D eigenvalue weighted by molar-refractivity contribution is -0.144. The van der Waals surface area contributed by atoms with Crippen LogP contribution < -0.4 is 0 Å². The van der Waals surface area contributed by atoms with Crippen molar-refractivity contribution in [2.24, 2.45) is 0 Å². The maximum absolute atomic E-state index is 11.3. The van der Waals surface area contributed by atoms with Crippen LogP contribution in [0.25, 0.3) is 0 Å². The van der Waals surface area contributed by atoms with Gasteiger partial charge >= 0.3 is 5.97 Å². The van der Waals surface area contributed by atoms with Crippen LogP contribution in [-0.4, -0.2) is 23.3 Å². The van der Waals surface area contributed by atoms with Crippen LogP contribution in [-0.2, 0) is 22.4 Å². The Labute approximate surface area is 101 Å². The summed E-state index contributed by atoms with van der Waals surface area (Å²) in [5.74, 6) is -0.225. The topological polar surface area (TPSA) is 46.5 Å². The third-order valence-corrected chi connectivity index (χ3v) is 3.26. The maximum Gasteiger partial charge on any atom is 0.305 e. The molecule has 17 heavy (non-hydrogen) atoms. The lowest BCUT2D eigenvalue weighted by Gasteiger charge is -2.21. The highest BCUT2D eigenvalue weighted by Crippen LogP contribution is 2.33. The monoisotopic (exact) mass is 234 g/mol. The average Bonchev–Trinajstić information content (AvgIpc) is 2.64. The molecule has 1 aromatic rings. The molecule has 3 nitrogen and oxygen atoms in total. The zero-order valence-corrected chi connectivity index (χ0v) is 10.1. The molecule has 0 saturated carbocycles. The molecule has 0 aromatic heterocycles. The molecule has 0 radical (unpaired) electrons. The van der Waals surface area contributed by atoms with Crippen LogP contribution in [0.15, 0.2) is 24.3 Å². The first-order valence-electron chi connectivity index (χ1n) is 6.08. The number of carbonyl (C=O) groups is 1. The van der Waals surface area contributed by atoms with Gasteiger partial charge in [0.05, 0.1) is 12.2 Å². The first-order chi connectivity index (χ1) is 8.13. The Bertz CT molecular complexity index is 387. The summed E-state index contributed by atoms with van der Waals surface area (Å²) in [6.45, 7) is 2.19. The second kappa shape index (κ2) is 4.88. The van der Waals surface area contributed by atoms with E-state index in [0.717, 1.165) is 0 Å². The van der Waals surface area contributed by atoms with Gasteiger partial charge in [-0.1, -0.05) is 24.3 Å². The SMILES string of the molecule is CCOC(=O)CCC1(O)Cc2ccccc2C1. The molecule has 2 rings (SSSR count). The second-order valence-corrected chi connectivity index (χ2v) is 4.65. The van der Waals surface area contributed by atoms with Crippen molar-refractivity contribution in [2.45, 2.75) is 38.2 Å². The maximum atomic E-state index is 11.3. The van der Waals surface area contributed by atoms with E-state index >= 15 is 0 Å². The predicted molar refractivity (Wildman–Crippen MR) is 64.7 cm³/mol. The van der Waals surface area contributed by atoms with E-state index < -0.39 is 5.60 Å². The summed E-state index contributed by atoms with van der Waals surface area (Å²) in [5.41, 5.74) is 1.62. The summed E-state index contributed by atoms with van der Waals surface area (Å²) in [6, 6.07) is 8.04. The molecule has 0 bridgehead atoms. The van der Waals surface area contributed by atoms with Gasteiger partial charge in [-0.05, 0) is 24.5 Å². The van der Waals surface area contributed by atoms with Crippen LogP contribution in [0.2, 0.25) is 0 Å². The van der Waals surface area contributed by atoms with Gasteiger partial charge in [-0.25, -0.2) is 0 Å². The lowest BCUT2D eigenvalue weighted by atomic mass is 9.94. The fourth-order valence-electron chi connectivity index (χ4n) is 2.42. The van der Waals surface area contributed by atoms with Crippen LogP contribution in [0.1, 0.15) is 30.9 Å². The number of benzene rings is 1. The first-order valence-corrected chi connectivity index (χ1v) is 6.08. The van der Waals surface area contributed by atoms with Crippen molar-refractivity contribution in [3.63, 3.8) is 0 Å². The molecule has 0 fully saturated rings. The number of aliphatic hydroxyl groups is 1. The third-order valence-electron chi connectivity index (χ3n) is 3.26. The summed E-state index contributed by atoms with van der Waals surface area (Å²) in [6.07, 6.45) is 2.05. The van der Waals surface area contributed by atoms with Gasteiger partial charge in [-0.15, -0.1) is 0 Å². The minimum atomic E-state index is -0.767. The molecular weight excluding hydrogens is 216 g/mol. The Hall–Kier alpha value is -1.35.